The van der Waals surface area contributed by atoms with Gasteiger partial charge in [0.05, 0.1) is 18.0 Å². The Morgan fingerprint density at radius 1 is 1.17 bits per heavy atom. The zero-order valence-corrected chi connectivity index (χ0v) is 20.8. The van der Waals surface area contributed by atoms with Crippen molar-refractivity contribution in [3.63, 3.8) is 0 Å². The number of guanidine groups is 1. The molecule has 0 saturated heterocycles. The summed E-state index contributed by atoms with van der Waals surface area (Å²) in [6, 6.07) is 8.88. The average Bonchev–Trinajstić information content (AvgIpc) is 3.26. The van der Waals surface area contributed by atoms with Crippen molar-refractivity contribution in [2.75, 3.05) is 5.32 Å². The molecule has 2 aromatic heterocycles. The summed E-state index contributed by atoms with van der Waals surface area (Å²) < 4.78 is 0. The number of nitrogens with zero attached hydrogens (tertiary/aromatic N) is 3. The number of aromatic nitrogens is 2. The maximum Gasteiger partial charge on any atom is 0.305 e. The van der Waals surface area contributed by atoms with Gasteiger partial charge >= 0.3 is 5.97 Å². The average molecular weight is 510 g/mol. The molecular weight excluding hydrogens is 482 g/mol. The third-order valence-electron chi connectivity index (χ3n) is 4.64. The molecule has 0 saturated carbocycles. The molecule has 1 atom stereocenters. The van der Waals surface area contributed by atoms with Gasteiger partial charge in [0.15, 0.2) is 11.8 Å². The number of nitrogens with two attached hydrogens (primary N) is 1. The van der Waals surface area contributed by atoms with E-state index in [1.165, 1.54) is 17.8 Å². The molecule has 3 rings (SSSR count). The van der Waals surface area contributed by atoms with E-state index in [1.807, 2.05) is 20.8 Å². The molecule has 188 valence electrons. The smallest absolute Gasteiger partial charge is 0.305 e. The number of hydrogen-bond donors (Lipinski definition) is 5. The summed E-state index contributed by atoms with van der Waals surface area (Å²) in [6.45, 7) is 5.77. The van der Waals surface area contributed by atoms with Crippen LogP contribution >= 0.6 is 11.3 Å². The second-order valence-corrected chi connectivity index (χ2v) is 9.68. The van der Waals surface area contributed by atoms with Gasteiger partial charge in [-0.2, -0.15) is 4.99 Å². The number of hydrogen-bond acceptors (Lipinski definition) is 7. The lowest BCUT2D eigenvalue weighted by molar-refractivity contribution is -0.137. The van der Waals surface area contributed by atoms with E-state index in [2.05, 4.69) is 30.9 Å². The third kappa shape index (κ3) is 7.60. The molecule has 1 unspecified atom stereocenters. The summed E-state index contributed by atoms with van der Waals surface area (Å²) >= 11 is 1.10. The number of benzene rings is 1. The molecule has 11 nitrogen and oxygen atoms in total. The van der Waals surface area contributed by atoms with Gasteiger partial charge in [-0.3, -0.25) is 19.4 Å². The van der Waals surface area contributed by atoms with Gasteiger partial charge in [0.1, 0.15) is 4.88 Å². The number of carbonyl (C=O) groups is 3. The first-order valence-electron chi connectivity index (χ1n) is 10.9. The van der Waals surface area contributed by atoms with Gasteiger partial charge in [-0.05, 0) is 50.6 Å². The van der Waals surface area contributed by atoms with Crippen molar-refractivity contribution in [1.29, 1.82) is 0 Å². The van der Waals surface area contributed by atoms with Crippen LogP contribution in [0.3, 0.4) is 0 Å². The van der Waals surface area contributed by atoms with Crippen LogP contribution in [-0.4, -0.2) is 44.4 Å². The van der Waals surface area contributed by atoms with Crippen LogP contribution in [0.15, 0.2) is 59.3 Å². The number of carbonyl (C=O) groups excluding carboxylic acids is 2. The molecule has 0 fully saturated rings. The number of carboxylic acid groups (broad SMARTS) is 1. The highest BCUT2D eigenvalue weighted by Crippen LogP contribution is 2.24. The van der Waals surface area contributed by atoms with Crippen molar-refractivity contribution in [2.24, 2.45) is 10.7 Å². The van der Waals surface area contributed by atoms with E-state index < -0.39 is 23.8 Å². The molecule has 2 heterocycles. The van der Waals surface area contributed by atoms with E-state index in [0.29, 0.717) is 11.3 Å². The summed E-state index contributed by atoms with van der Waals surface area (Å²) in [5.41, 5.74) is 8.28. The maximum absolute atomic E-state index is 12.9. The monoisotopic (exact) mass is 509 g/mol. The lowest BCUT2D eigenvalue weighted by Gasteiger charge is -2.20. The van der Waals surface area contributed by atoms with Gasteiger partial charge in [-0.25, -0.2) is 4.98 Å². The topological polar surface area (TPSA) is 172 Å². The van der Waals surface area contributed by atoms with Crippen LogP contribution in [0.1, 0.15) is 58.8 Å². The van der Waals surface area contributed by atoms with Crippen molar-refractivity contribution >= 4 is 46.6 Å². The van der Waals surface area contributed by atoms with Crippen LogP contribution < -0.4 is 21.7 Å². The molecule has 1 aromatic carbocycles. The molecule has 0 bridgehead atoms. The second-order valence-electron chi connectivity index (χ2n) is 8.82. The number of rotatable bonds is 8. The predicted octanol–water partition coefficient (Wildman–Crippen LogP) is 3.07. The molecule has 36 heavy (non-hydrogen) atoms. The van der Waals surface area contributed by atoms with Crippen LogP contribution in [0.2, 0.25) is 0 Å². The van der Waals surface area contributed by atoms with E-state index in [-0.39, 0.29) is 34.2 Å². The Morgan fingerprint density at radius 2 is 1.94 bits per heavy atom. The van der Waals surface area contributed by atoms with Gasteiger partial charge in [0.2, 0.25) is 0 Å². The molecule has 3 aromatic rings. The number of aliphatic carboxylic acids is 1. The minimum Gasteiger partial charge on any atom is -0.481 e. The van der Waals surface area contributed by atoms with Crippen molar-refractivity contribution in [1.82, 2.24) is 20.6 Å². The number of aliphatic imine (C=N–C) groups is 1. The molecule has 0 aliphatic rings. The summed E-state index contributed by atoms with van der Waals surface area (Å²) in [5.74, 6) is -1.72. The van der Waals surface area contributed by atoms with E-state index in [4.69, 9.17) is 5.73 Å². The zero-order valence-electron chi connectivity index (χ0n) is 20.0. The fraction of sp³-hybridized carbons (Fsp3) is 0.250. The molecular formula is C24H27N7O4S. The summed E-state index contributed by atoms with van der Waals surface area (Å²) in [7, 11) is 0. The van der Waals surface area contributed by atoms with E-state index in [9.17, 15) is 19.5 Å². The molecule has 12 heteroatoms. The highest BCUT2D eigenvalue weighted by atomic mass is 32.1. The van der Waals surface area contributed by atoms with Crippen molar-refractivity contribution < 1.29 is 19.5 Å². The van der Waals surface area contributed by atoms with Crippen molar-refractivity contribution in [3.05, 3.63) is 70.3 Å². The summed E-state index contributed by atoms with van der Waals surface area (Å²) in [6.07, 6.45) is 2.75. The number of thiazole rings is 1. The predicted molar refractivity (Wildman–Crippen MR) is 137 cm³/mol. The van der Waals surface area contributed by atoms with Crippen LogP contribution in [0.25, 0.3) is 0 Å². The highest BCUT2D eigenvalue weighted by Gasteiger charge is 2.20. The SMILES string of the molecule is CC(C)(C)N/C(N)=N/c1ncsc1C(=O)Nc1cccc(C(=O)NC(CC(=O)O)c2cccnc2)c1. The lowest BCUT2D eigenvalue weighted by atomic mass is 10.0. The number of anilines is 1. The number of pyridine rings is 1. The number of amides is 2. The van der Waals surface area contributed by atoms with Gasteiger partial charge in [-0.15, -0.1) is 11.3 Å². The molecule has 6 N–H and O–H groups in total. The molecule has 0 radical (unpaired) electrons. The fourth-order valence-electron chi connectivity index (χ4n) is 3.18. The third-order valence-corrected chi connectivity index (χ3v) is 5.45. The summed E-state index contributed by atoms with van der Waals surface area (Å²) in [4.78, 5) is 49.6. The van der Waals surface area contributed by atoms with Gasteiger partial charge in [-0.1, -0.05) is 12.1 Å². The van der Waals surface area contributed by atoms with Gasteiger partial charge < -0.3 is 26.8 Å². The first kappa shape index (κ1) is 26.3. The van der Waals surface area contributed by atoms with Crippen LogP contribution in [-0.2, 0) is 4.79 Å². The maximum atomic E-state index is 12.9. The number of nitrogens with one attached hydrogen (secondary N) is 3. The van der Waals surface area contributed by atoms with Crippen molar-refractivity contribution in [3.8, 4) is 0 Å². The first-order chi connectivity index (χ1) is 17.0. The van der Waals surface area contributed by atoms with E-state index >= 15 is 0 Å². The van der Waals surface area contributed by atoms with Gasteiger partial charge in [0.25, 0.3) is 11.8 Å². The Kier molecular flexibility index (Phi) is 8.33. The minimum absolute atomic E-state index is 0.130. The number of carboxylic acids is 1. The standard InChI is InChI=1S/C24H27N7O4S/c1-24(2,3)31-23(25)30-20-19(36-13-27-20)22(35)28-16-8-4-6-14(10-16)21(34)29-17(11-18(32)33)15-7-5-9-26-12-15/h4-10,12-13,17H,11H2,1-3H3,(H,28,35)(H,29,34)(H,32,33)(H3,25,30,31). The molecule has 0 spiro atoms. The van der Waals surface area contributed by atoms with Crippen LogP contribution in [0.5, 0.6) is 0 Å². The Bertz CT molecular complexity index is 1270. The zero-order chi connectivity index (χ0) is 26.3. The quantitative estimate of drug-likeness (QED) is 0.228. The van der Waals surface area contributed by atoms with Crippen LogP contribution in [0.4, 0.5) is 11.5 Å². The largest absolute Gasteiger partial charge is 0.481 e. The normalized spacial score (nSPS) is 12.5. The fourth-order valence-corrected chi connectivity index (χ4v) is 3.80. The minimum atomic E-state index is -1.06. The molecule has 0 aliphatic heterocycles. The summed E-state index contributed by atoms with van der Waals surface area (Å²) in [5, 5.41) is 17.7. The van der Waals surface area contributed by atoms with E-state index in [0.717, 1.165) is 11.3 Å². The molecule has 0 aliphatic carbocycles. The Morgan fingerprint density at radius 3 is 2.61 bits per heavy atom. The first-order valence-corrected chi connectivity index (χ1v) is 11.8. The lowest BCUT2D eigenvalue weighted by Crippen LogP contribution is -2.44. The second kappa shape index (κ2) is 11.4. The van der Waals surface area contributed by atoms with E-state index in [1.54, 1.807) is 36.5 Å². The van der Waals surface area contributed by atoms with Crippen LogP contribution in [0, 0.1) is 0 Å². The van der Waals surface area contributed by atoms with Crippen molar-refractivity contribution in [2.45, 2.75) is 38.8 Å². The van der Waals surface area contributed by atoms with Gasteiger partial charge in [0, 0.05) is 29.2 Å². The molecule has 2 amide bonds. The Balaban J connectivity index is 1.74. The highest BCUT2D eigenvalue weighted by molar-refractivity contribution is 7.12. The Hall–Kier alpha value is -4.32. The Labute approximate surface area is 211 Å².